The van der Waals surface area contributed by atoms with E-state index in [1.54, 1.807) is 6.92 Å². The summed E-state index contributed by atoms with van der Waals surface area (Å²) in [6.45, 7) is 1.59. The molecule has 1 aromatic rings. The van der Waals surface area contributed by atoms with E-state index in [-0.39, 0.29) is 16.5 Å². The highest BCUT2D eigenvalue weighted by atomic mass is 79.9. The molecule has 0 bridgehead atoms. The molecule has 0 aliphatic heterocycles. The first-order chi connectivity index (χ1) is 8.58. The zero-order valence-electron chi connectivity index (χ0n) is 10.7. The summed E-state index contributed by atoms with van der Waals surface area (Å²) in [5.41, 5.74) is 0.822. The minimum absolute atomic E-state index is 0.0757. The van der Waals surface area contributed by atoms with Gasteiger partial charge in [0.15, 0.2) is 0 Å². The van der Waals surface area contributed by atoms with E-state index < -0.39 is 0 Å². The Bertz CT molecular complexity index is 411. The largest absolute Gasteiger partial charge is 0.207 e. The summed E-state index contributed by atoms with van der Waals surface area (Å²) in [5, 5.41) is 0. The molecule has 1 aromatic carbocycles. The van der Waals surface area contributed by atoms with Crippen molar-refractivity contribution in [1.29, 1.82) is 0 Å². The van der Waals surface area contributed by atoms with Gasteiger partial charge in [-0.15, -0.1) is 0 Å². The molecule has 1 fully saturated rings. The number of hydrogen-bond acceptors (Lipinski definition) is 0. The molecular weight excluding hydrogens is 298 g/mol. The SMILES string of the molecule is Cc1cc(F)c(C(Br)CCC2CCCC2)cc1F. The van der Waals surface area contributed by atoms with Gasteiger partial charge in [0.05, 0.1) is 0 Å². The van der Waals surface area contributed by atoms with Crippen molar-refractivity contribution in [2.75, 3.05) is 0 Å². The lowest BCUT2D eigenvalue weighted by Gasteiger charge is -2.15. The molecule has 1 saturated carbocycles. The summed E-state index contributed by atoms with van der Waals surface area (Å²) < 4.78 is 27.3. The molecule has 1 aliphatic carbocycles. The first kappa shape index (κ1) is 14.0. The predicted molar refractivity (Wildman–Crippen MR) is 74.0 cm³/mol. The molecule has 1 unspecified atom stereocenters. The molecule has 0 saturated heterocycles. The molecule has 18 heavy (non-hydrogen) atoms. The molecule has 0 heterocycles. The number of aryl methyl sites for hydroxylation is 1. The summed E-state index contributed by atoms with van der Waals surface area (Å²) in [5.74, 6) is 0.155. The topological polar surface area (TPSA) is 0 Å². The third-order valence-electron chi connectivity index (χ3n) is 3.92. The van der Waals surface area contributed by atoms with Gasteiger partial charge in [-0.2, -0.15) is 0 Å². The van der Waals surface area contributed by atoms with E-state index in [0.29, 0.717) is 11.1 Å². The fourth-order valence-corrected chi connectivity index (χ4v) is 3.35. The smallest absolute Gasteiger partial charge is 0.128 e. The summed E-state index contributed by atoms with van der Waals surface area (Å²) in [7, 11) is 0. The fraction of sp³-hybridized carbons (Fsp3) is 0.600. The van der Waals surface area contributed by atoms with Gasteiger partial charge in [0.1, 0.15) is 11.6 Å². The first-order valence-electron chi connectivity index (χ1n) is 6.67. The normalized spacial score (nSPS) is 18.2. The van der Waals surface area contributed by atoms with E-state index in [9.17, 15) is 8.78 Å². The van der Waals surface area contributed by atoms with Crippen LogP contribution in [0.2, 0.25) is 0 Å². The van der Waals surface area contributed by atoms with Crippen molar-refractivity contribution in [1.82, 2.24) is 0 Å². The number of halogens is 3. The Morgan fingerprint density at radius 1 is 1.22 bits per heavy atom. The highest BCUT2D eigenvalue weighted by Crippen LogP contribution is 2.36. The maximum atomic E-state index is 13.8. The van der Waals surface area contributed by atoms with Gasteiger partial charge in [-0.1, -0.05) is 41.6 Å². The van der Waals surface area contributed by atoms with Gasteiger partial charge in [0, 0.05) is 10.4 Å². The average molecular weight is 317 g/mol. The van der Waals surface area contributed by atoms with Gasteiger partial charge in [-0.3, -0.25) is 0 Å². The molecule has 3 heteroatoms. The van der Waals surface area contributed by atoms with Crippen LogP contribution in [0.4, 0.5) is 8.78 Å². The van der Waals surface area contributed by atoms with Crippen LogP contribution in [0.1, 0.15) is 54.5 Å². The van der Waals surface area contributed by atoms with Crippen molar-refractivity contribution in [2.45, 2.75) is 50.3 Å². The maximum Gasteiger partial charge on any atom is 0.128 e. The lowest BCUT2D eigenvalue weighted by Crippen LogP contribution is -2.01. The van der Waals surface area contributed by atoms with Crippen molar-refractivity contribution in [2.24, 2.45) is 5.92 Å². The lowest BCUT2D eigenvalue weighted by molar-refractivity contribution is 0.477. The van der Waals surface area contributed by atoms with Crippen LogP contribution in [0.3, 0.4) is 0 Å². The highest BCUT2D eigenvalue weighted by molar-refractivity contribution is 9.09. The Morgan fingerprint density at radius 3 is 2.56 bits per heavy atom. The average Bonchev–Trinajstić information content (AvgIpc) is 2.84. The second-order valence-corrected chi connectivity index (χ2v) is 6.42. The van der Waals surface area contributed by atoms with E-state index in [4.69, 9.17) is 0 Å². The van der Waals surface area contributed by atoms with Crippen LogP contribution < -0.4 is 0 Å². The van der Waals surface area contributed by atoms with Crippen molar-refractivity contribution < 1.29 is 8.78 Å². The molecule has 1 atom stereocenters. The van der Waals surface area contributed by atoms with E-state index >= 15 is 0 Å². The van der Waals surface area contributed by atoms with Gasteiger partial charge < -0.3 is 0 Å². The Labute approximate surface area is 116 Å². The van der Waals surface area contributed by atoms with E-state index in [2.05, 4.69) is 15.9 Å². The second kappa shape index (κ2) is 6.14. The number of benzene rings is 1. The molecule has 2 rings (SSSR count). The molecule has 100 valence electrons. The fourth-order valence-electron chi connectivity index (χ4n) is 2.74. The Morgan fingerprint density at radius 2 is 1.89 bits per heavy atom. The summed E-state index contributed by atoms with van der Waals surface area (Å²) in [6.07, 6.45) is 7.22. The van der Waals surface area contributed by atoms with Crippen LogP contribution in [0.15, 0.2) is 12.1 Å². The standard InChI is InChI=1S/C15H19BrF2/c1-10-8-15(18)12(9-14(10)17)13(16)7-6-11-4-2-3-5-11/h8-9,11,13H,2-7H2,1H3. The molecule has 0 radical (unpaired) electrons. The van der Waals surface area contributed by atoms with Crippen LogP contribution in [0, 0.1) is 24.5 Å². The summed E-state index contributed by atoms with van der Waals surface area (Å²) in [4.78, 5) is -0.0757. The number of alkyl halides is 1. The quantitative estimate of drug-likeness (QED) is 0.627. The monoisotopic (exact) mass is 316 g/mol. The minimum Gasteiger partial charge on any atom is -0.207 e. The molecule has 0 aromatic heterocycles. The lowest BCUT2D eigenvalue weighted by atomic mass is 9.97. The molecular formula is C15H19BrF2. The molecule has 0 nitrogen and oxygen atoms in total. The van der Waals surface area contributed by atoms with Crippen LogP contribution in [-0.2, 0) is 0 Å². The molecule has 1 aliphatic rings. The van der Waals surface area contributed by atoms with Crippen molar-refractivity contribution in [3.63, 3.8) is 0 Å². The summed E-state index contributed by atoms with van der Waals surface area (Å²) in [6, 6.07) is 2.62. The number of rotatable bonds is 4. The Kier molecular flexibility index (Phi) is 4.77. The predicted octanol–water partition coefficient (Wildman–Crippen LogP) is 5.68. The molecule has 0 amide bonds. The third kappa shape index (κ3) is 3.31. The van der Waals surface area contributed by atoms with Gasteiger partial charge in [-0.05, 0) is 43.4 Å². The molecule has 0 spiro atoms. The van der Waals surface area contributed by atoms with Crippen molar-refractivity contribution >= 4 is 15.9 Å². The maximum absolute atomic E-state index is 13.8. The summed E-state index contributed by atoms with van der Waals surface area (Å²) >= 11 is 3.50. The van der Waals surface area contributed by atoms with Crippen molar-refractivity contribution in [3.8, 4) is 0 Å². The van der Waals surface area contributed by atoms with Gasteiger partial charge in [-0.25, -0.2) is 8.78 Å². The van der Waals surface area contributed by atoms with E-state index in [0.717, 1.165) is 18.8 Å². The van der Waals surface area contributed by atoms with Gasteiger partial charge in [0.25, 0.3) is 0 Å². The van der Waals surface area contributed by atoms with Gasteiger partial charge >= 0.3 is 0 Å². The van der Waals surface area contributed by atoms with E-state index in [1.807, 2.05) is 0 Å². The Hall–Kier alpha value is -0.440. The number of hydrogen-bond donors (Lipinski definition) is 0. The van der Waals surface area contributed by atoms with E-state index in [1.165, 1.54) is 37.8 Å². The van der Waals surface area contributed by atoms with Crippen LogP contribution in [0.5, 0.6) is 0 Å². The minimum atomic E-state index is -0.322. The van der Waals surface area contributed by atoms with Crippen LogP contribution in [0.25, 0.3) is 0 Å². The third-order valence-corrected chi connectivity index (χ3v) is 4.87. The van der Waals surface area contributed by atoms with Crippen LogP contribution in [-0.4, -0.2) is 0 Å². The second-order valence-electron chi connectivity index (χ2n) is 5.32. The zero-order chi connectivity index (χ0) is 13.1. The van der Waals surface area contributed by atoms with Crippen LogP contribution >= 0.6 is 15.9 Å². The highest BCUT2D eigenvalue weighted by Gasteiger charge is 2.19. The molecule has 0 N–H and O–H groups in total. The zero-order valence-corrected chi connectivity index (χ0v) is 12.3. The van der Waals surface area contributed by atoms with Crippen molar-refractivity contribution in [3.05, 3.63) is 34.9 Å². The Balaban J connectivity index is 1.99. The van der Waals surface area contributed by atoms with Gasteiger partial charge in [0.2, 0.25) is 0 Å². The first-order valence-corrected chi connectivity index (χ1v) is 7.59.